The summed E-state index contributed by atoms with van der Waals surface area (Å²) in [5.41, 5.74) is 3.51. The van der Waals surface area contributed by atoms with Gasteiger partial charge in [0.05, 0.1) is 18.8 Å². The topological polar surface area (TPSA) is 87.3 Å². The zero-order valence-corrected chi connectivity index (χ0v) is 18.9. The number of aliphatic hydroxyl groups excluding tert-OH is 1. The minimum atomic E-state index is -0.872. The molecule has 1 amide bonds. The molecule has 6 nitrogen and oxygen atoms in total. The zero-order chi connectivity index (χ0) is 23.3. The second kappa shape index (κ2) is 10.3. The number of nitriles is 1. The maximum atomic E-state index is 12.6. The van der Waals surface area contributed by atoms with Gasteiger partial charge in [-0.3, -0.25) is 4.79 Å². The van der Waals surface area contributed by atoms with Gasteiger partial charge in [-0.2, -0.15) is 5.26 Å². The van der Waals surface area contributed by atoms with Gasteiger partial charge in [0.15, 0.2) is 0 Å². The molecular weight excluding hydrogens is 402 g/mol. The fraction of sp³-hybridized carbons (Fsp3) is 0.308. The second-order valence-corrected chi connectivity index (χ2v) is 8.00. The smallest absolute Gasteiger partial charge is 0.262 e. The van der Waals surface area contributed by atoms with Gasteiger partial charge in [0.1, 0.15) is 11.6 Å². The van der Waals surface area contributed by atoms with Crippen molar-refractivity contribution in [3.63, 3.8) is 0 Å². The van der Waals surface area contributed by atoms with Crippen LogP contribution in [0, 0.1) is 25.2 Å². The van der Waals surface area contributed by atoms with E-state index in [0.717, 1.165) is 27.7 Å². The van der Waals surface area contributed by atoms with Gasteiger partial charge in [-0.25, -0.2) is 0 Å². The molecule has 166 valence electrons. The highest BCUT2D eigenvalue weighted by Crippen LogP contribution is 2.23. The number of carbonyl (C=O) groups is 1. The van der Waals surface area contributed by atoms with Gasteiger partial charge >= 0.3 is 0 Å². The summed E-state index contributed by atoms with van der Waals surface area (Å²) < 4.78 is 7.39. The van der Waals surface area contributed by atoms with E-state index >= 15 is 0 Å². The third kappa shape index (κ3) is 5.08. The fourth-order valence-electron chi connectivity index (χ4n) is 4.06. The van der Waals surface area contributed by atoms with Gasteiger partial charge in [-0.15, -0.1) is 0 Å². The monoisotopic (exact) mass is 431 g/mol. The maximum Gasteiger partial charge on any atom is 0.262 e. The molecule has 0 saturated heterocycles. The van der Waals surface area contributed by atoms with Crippen LogP contribution in [0.15, 0.2) is 54.1 Å². The molecule has 2 aromatic carbocycles. The molecule has 0 bridgehead atoms. The third-order valence-corrected chi connectivity index (χ3v) is 5.65. The molecule has 0 aliphatic rings. The first-order valence-electron chi connectivity index (χ1n) is 10.6. The van der Waals surface area contributed by atoms with Crippen LogP contribution in [0.5, 0.6) is 0 Å². The van der Waals surface area contributed by atoms with E-state index in [1.807, 2.05) is 68.4 Å². The molecule has 6 heteroatoms. The van der Waals surface area contributed by atoms with E-state index in [9.17, 15) is 15.2 Å². The summed E-state index contributed by atoms with van der Waals surface area (Å²) in [6, 6.07) is 17.6. The number of aromatic nitrogens is 1. The molecule has 2 unspecified atom stereocenters. The lowest BCUT2D eigenvalue weighted by Crippen LogP contribution is -2.29. The van der Waals surface area contributed by atoms with E-state index in [2.05, 4.69) is 16.8 Å². The number of benzene rings is 2. The van der Waals surface area contributed by atoms with Gasteiger partial charge in [0, 0.05) is 25.0 Å². The normalized spacial score (nSPS) is 13.6. The number of fused-ring (bicyclic) bond motifs is 1. The largest absolute Gasteiger partial charge is 0.387 e. The molecule has 2 N–H and O–H groups in total. The number of carbonyl (C=O) groups excluding carboxylic acids is 1. The lowest BCUT2D eigenvalue weighted by molar-refractivity contribution is -0.117. The summed E-state index contributed by atoms with van der Waals surface area (Å²) >= 11 is 0. The molecule has 3 rings (SSSR count). The molecule has 2 atom stereocenters. The Morgan fingerprint density at radius 2 is 1.94 bits per heavy atom. The molecule has 0 spiro atoms. The third-order valence-electron chi connectivity index (χ3n) is 5.65. The van der Waals surface area contributed by atoms with Crippen LogP contribution in [-0.2, 0) is 9.53 Å². The number of methoxy groups -OCH3 is 1. The Hall–Kier alpha value is -3.40. The Labute approximate surface area is 188 Å². The number of hydrogen-bond acceptors (Lipinski definition) is 4. The van der Waals surface area contributed by atoms with Crippen LogP contribution in [0.4, 0.5) is 0 Å². The highest BCUT2D eigenvalue weighted by atomic mass is 16.5. The molecule has 1 heterocycles. The van der Waals surface area contributed by atoms with Crippen LogP contribution in [0.2, 0.25) is 0 Å². The van der Waals surface area contributed by atoms with Gasteiger partial charge in [0.2, 0.25) is 0 Å². The Morgan fingerprint density at radius 3 is 2.62 bits per heavy atom. The number of hydrogen-bond donors (Lipinski definition) is 2. The SMILES string of the molecule is COCC(C)n1c(C)cc(C=C(C#N)C(=O)NCC(O)c2ccc3ccccc3c2)c1C. The first-order valence-corrected chi connectivity index (χ1v) is 10.6. The van der Waals surface area contributed by atoms with Crippen molar-refractivity contribution in [3.05, 3.63) is 76.6 Å². The van der Waals surface area contributed by atoms with Crippen LogP contribution in [0.1, 0.15) is 41.6 Å². The van der Waals surface area contributed by atoms with Crippen LogP contribution in [0.25, 0.3) is 16.8 Å². The number of ether oxygens (including phenoxy) is 1. The average Bonchev–Trinajstić information content (AvgIpc) is 3.07. The lowest BCUT2D eigenvalue weighted by atomic mass is 10.0. The van der Waals surface area contributed by atoms with Crippen molar-refractivity contribution < 1.29 is 14.6 Å². The maximum absolute atomic E-state index is 12.6. The van der Waals surface area contributed by atoms with Crippen molar-refractivity contribution in [2.24, 2.45) is 0 Å². The predicted molar refractivity (Wildman–Crippen MR) is 126 cm³/mol. The van der Waals surface area contributed by atoms with E-state index in [-0.39, 0.29) is 18.2 Å². The van der Waals surface area contributed by atoms with Gasteiger partial charge in [-0.1, -0.05) is 36.4 Å². The highest BCUT2D eigenvalue weighted by molar-refractivity contribution is 6.01. The van der Waals surface area contributed by atoms with Crippen LogP contribution in [-0.4, -0.2) is 35.8 Å². The van der Waals surface area contributed by atoms with Crippen molar-refractivity contribution in [2.75, 3.05) is 20.3 Å². The summed E-state index contributed by atoms with van der Waals surface area (Å²) in [5, 5.41) is 24.9. The van der Waals surface area contributed by atoms with Gasteiger partial charge < -0.3 is 19.7 Å². The summed E-state index contributed by atoms with van der Waals surface area (Å²) in [4.78, 5) is 12.6. The number of amides is 1. The number of nitrogens with one attached hydrogen (secondary N) is 1. The Morgan fingerprint density at radius 1 is 1.22 bits per heavy atom. The average molecular weight is 432 g/mol. The number of aryl methyl sites for hydroxylation is 1. The van der Waals surface area contributed by atoms with E-state index in [0.29, 0.717) is 12.2 Å². The molecule has 32 heavy (non-hydrogen) atoms. The minimum Gasteiger partial charge on any atom is -0.387 e. The second-order valence-electron chi connectivity index (χ2n) is 8.00. The summed E-state index contributed by atoms with van der Waals surface area (Å²) in [5.74, 6) is -0.512. The minimum absolute atomic E-state index is 0.00430. The first kappa shape index (κ1) is 23.3. The van der Waals surface area contributed by atoms with E-state index < -0.39 is 12.0 Å². The van der Waals surface area contributed by atoms with E-state index in [1.54, 1.807) is 13.2 Å². The van der Waals surface area contributed by atoms with Gasteiger partial charge in [0.25, 0.3) is 5.91 Å². The summed E-state index contributed by atoms with van der Waals surface area (Å²) in [6.45, 7) is 6.59. The molecule has 0 fully saturated rings. The molecule has 3 aromatic rings. The first-order chi connectivity index (χ1) is 15.3. The van der Waals surface area contributed by atoms with Crippen molar-refractivity contribution >= 4 is 22.8 Å². The van der Waals surface area contributed by atoms with Crippen LogP contribution < -0.4 is 5.32 Å². The highest BCUT2D eigenvalue weighted by Gasteiger charge is 2.17. The van der Waals surface area contributed by atoms with Crippen LogP contribution in [0.3, 0.4) is 0 Å². The lowest BCUT2D eigenvalue weighted by Gasteiger charge is -2.17. The standard InChI is InChI=1S/C26H29N3O3/c1-17-11-23(19(3)29(17)18(2)16-32-4)13-24(14-27)26(31)28-15-25(30)22-10-9-20-7-5-6-8-21(20)12-22/h5-13,18,25,30H,15-16H2,1-4H3,(H,28,31). The number of rotatable bonds is 8. The van der Waals surface area contributed by atoms with Crippen molar-refractivity contribution in [2.45, 2.75) is 32.9 Å². The summed E-state index contributed by atoms with van der Waals surface area (Å²) in [6.07, 6.45) is 0.722. The summed E-state index contributed by atoms with van der Waals surface area (Å²) in [7, 11) is 1.66. The Bertz CT molecular complexity index is 1190. The molecule has 0 radical (unpaired) electrons. The molecule has 1 aromatic heterocycles. The quantitative estimate of drug-likeness (QED) is 0.413. The fourth-order valence-corrected chi connectivity index (χ4v) is 4.06. The molecule has 0 saturated carbocycles. The van der Waals surface area contributed by atoms with Crippen LogP contribution >= 0.6 is 0 Å². The van der Waals surface area contributed by atoms with Gasteiger partial charge in [-0.05, 0) is 60.9 Å². The van der Waals surface area contributed by atoms with E-state index in [4.69, 9.17) is 4.74 Å². The molecule has 0 aliphatic heterocycles. The number of nitrogens with zero attached hydrogens (tertiary/aromatic N) is 2. The van der Waals surface area contributed by atoms with Crippen molar-refractivity contribution in [1.29, 1.82) is 5.26 Å². The molecule has 0 aliphatic carbocycles. The Balaban J connectivity index is 1.72. The zero-order valence-electron chi connectivity index (χ0n) is 18.9. The van der Waals surface area contributed by atoms with Crippen molar-refractivity contribution in [1.82, 2.24) is 9.88 Å². The Kier molecular flexibility index (Phi) is 7.47. The number of aliphatic hydroxyl groups is 1. The van der Waals surface area contributed by atoms with Crippen molar-refractivity contribution in [3.8, 4) is 6.07 Å². The van der Waals surface area contributed by atoms with E-state index in [1.165, 1.54) is 0 Å². The predicted octanol–water partition coefficient (Wildman–Crippen LogP) is 4.22. The molecular formula is C26H29N3O3.